The third-order valence-electron chi connectivity index (χ3n) is 2.72. The Hall–Kier alpha value is -0.570. The number of hydrogen-bond donors (Lipinski definition) is 1. The highest BCUT2D eigenvalue weighted by atomic mass is 35.5. The standard InChI is InChI=1S/C13H20ClNO/c1-4-11(9-16-3)15-10(2)12-7-5-6-8-13(12)14/h5-8,10-11,15H,4,9H2,1-3H3. The van der Waals surface area contributed by atoms with Gasteiger partial charge < -0.3 is 10.1 Å². The lowest BCUT2D eigenvalue weighted by Gasteiger charge is -2.22. The van der Waals surface area contributed by atoms with Crippen LogP contribution in [0.5, 0.6) is 0 Å². The van der Waals surface area contributed by atoms with E-state index in [-0.39, 0.29) is 6.04 Å². The zero-order chi connectivity index (χ0) is 12.0. The summed E-state index contributed by atoms with van der Waals surface area (Å²) >= 11 is 6.15. The van der Waals surface area contributed by atoms with Crippen LogP contribution in [0, 0.1) is 0 Å². The lowest BCUT2D eigenvalue weighted by atomic mass is 10.1. The second-order valence-corrected chi connectivity index (χ2v) is 4.38. The van der Waals surface area contributed by atoms with E-state index in [1.165, 1.54) is 0 Å². The lowest BCUT2D eigenvalue weighted by molar-refractivity contribution is 0.159. The Morgan fingerprint density at radius 2 is 2.06 bits per heavy atom. The van der Waals surface area contributed by atoms with Crippen LogP contribution in [-0.2, 0) is 4.74 Å². The van der Waals surface area contributed by atoms with Crippen molar-refractivity contribution in [2.45, 2.75) is 32.4 Å². The number of halogens is 1. The summed E-state index contributed by atoms with van der Waals surface area (Å²) in [5.74, 6) is 0. The first-order chi connectivity index (χ1) is 7.69. The third-order valence-corrected chi connectivity index (χ3v) is 3.06. The summed E-state index contributed by atoms with van der Waals surface area (Å²) in [5.41, 5.74) is 1.14. The second kappa shape index (κ2) is 6.89. The molecule has 0 saturated heterocycles. The number of nitrogens with one attached hydrogen (secondary N) is 1. The fourth-order valence-corrected chi connectivity index (χ4v) is 2.05. The first-order valence-corrected chi connectivity index (χ1v) is 6.06. The van der Waals surface area contributed by atoms with E-state index < -0.39 is 0 Å². The van der Waals surface area contributed by atoms with E-state index in [1.807, 2.05) is 18.2 Å². The van der Waals surface area contributed by atoms with Gasteiger partial charge in [-0.15, -0.1) is 0 Å². The van der Waals surface area contributed by atoms with Crippen molar-refractivity contribution >= 4 is 11.6 Å². The number of benzene rings is 1. The molecule has 0 spiro atoms. The van der Waals surface area contributed by atoms with Gasteiger partial charge in [-0.3, -0.25) is 0 Å². The molecular formula is C13H20ClNO. The fraction of sp³-hybridized carbons (Fsp3) is 0.538. The molecular weight excluding hydrogens is 222 g/mol. The van der Waals surface area contributed by atoms with Crippen LogP contribution in [0.15, 0.2) is 24.3 Å². The average molecular weight is 242 g/mol. The van der Waals surface area contributed by atoms with Gasteiger partial charge >= 0.3 is 0 Å². The summed E-state index contributed by atoms with van der Waals surface area (Å²) in [6.45, 7) is 5.00. The average Bonchev–Trinajstić information content (AvgIpc) is 2.28. The highest BCUT2D eigenvalue weighted by Crippen LogP contribution is 2.22. The maximum Gasteiger partial charge on any atom is 0.0615 e. The van der Waals surface area contributed by atoms with Crippen molar-refractivity contribution in [2.75, 3.05) is 13.7 Å². The van der Waals surface area contributed by atoms with Crippen LogP contribution in [0.3, 0.4) is 0 Å². The van der Waals surface area contributed by atoms with Crippen molar-refractivity contribution in [3.63, 3.8) is 0 Å². The second-order valence-electron chi connectivity index (χ2n) is 3.97. The number of ether oxygens (including phenoxy) is 1. The zero-order valence-corrected chi connectivity index (χ0v) is 10.9. The van der Waals surface area contributed by atoms with Crippen molar-refractivity contribution in [3.8, 4) is 0 Å². The molecule has 0 heterocycles. The first-order valence-electron chi connectivity index (χ1n) is 5.68. The molecule has 0 amide bonds. The molecule has 2 nitrogen and oxygen atoms in total. The molecule has 16 heavy (non-hydrogen) atoms. The molecule has 0 fully saturated rings. The fourth-order valence-electron chi connectivity index (χ4n) is 1.75. The van der Waals surface area contributed by atoms with Crippen molar-refractivity contribution in [1.82, 2.24) is 5.32 Å². The molecule has 0 aromatic heterocycles. The smallest absolute Gasteiger partial charge is 0.0615 e. The van der Waals surface area contributed by atoms with Crippen LogP contribution in [0.25, 0.3) is 0 Å². The summed E-state index contributed by atoms with van der Waals surface area (Å²) in [6, 6.07) is 8.55. The van der Waals surface area contributed by atoms with E-state index in [0.29, 0.717) is 6.04 Å². The van der Waals surface area contributed by atoms with Crippen molar-refractivity contribution in [2.24, 2.45) is 0 Å². The Bertz CT molecular complexity index is 317. The van der Waals surface area contributed by atoms with Gasteiger partial charge in [0.05, 0.1) is 6.61 Å². The van der Waals surface area contributed by atoms with Gasteiger partial charge in [0.25, 0.3) is 0 Å². The largest absolute Gasteiger partial charge is 0.383 e. The molecule has 1 N–H and O–H groups in total. The van der Waals surface area contributed by atoms with Crippen LogP contribution in [0.2, 0.25) is 5.02 Å². The predicted octanol–water partition coefficient (Wildman–Crippen LogP) is 3.42. The number of hydrogen-bond acceptors (Lipinski definition) is 2. The molecule has 1 aromatic carbocycles. The summed E-state index contributed by atoms with van der Waals surface area (Å²) in [5, 5.41) is 4.33. The van der Waals surface area contributed by atoms with Gasteiger partial charge in [-0.05, 0) is 25.0 Å². The molecule has 0 aliphatic heterocycles. The highest BCUT2D eigenvalue weighted by molar-refractivity contribution is 6.31. The minimum Gasteiger partial charge on any atom is -0.383 e. The number of rotatable bonds is 6. The Kier molecular flexibility index (Phi) is 5.81. The quantitative estimate of drug-likeness (QED) is 0.824. The summed E-state index contributed by atoms with van der Waals surface area (Å²) in [6.07, 6.45) is 1.04. The summed E-state index contributed by atoms with van der Waals surface area (Å²) in [4.78, 5) is 0. The Morgan fingerprint density at radius 1 is 1.38 bits per heavy atom. The van der Waals surface area contributed by atoms with E-state index >= 15 is 0 Å². The van der Waals surface area contributed by atoms with E-state index in [2.05, 4.69) is 25.2 Å². The normalized spacial score (nSPS) is 14.8. The molecule has 1 rings (SSSR count). The molecule has 3 heteroatoms. The molecule has 0 saturated carbocycles. The third kappa shape index (κ3) is 3.78. The van der Waals surface area contributed by atoms with Gasteiger partial charge in [0.15, 0.2) is 0 Å². The Labute approximate surface area is 103 Å². The zero-order valence-electron chi connectivity index (χ0n) is 10.2. The van der Waals surface area contributed by atoms with Crippen molar-refractivity contribution < 1.29 is 4.74 Å². The van der Waals surface area contributed by atoms with Gasteiger partial charge in [-0.1, -0.05) is 36.7 Å². The maximum absolute atomic E-state index is 6.15. The van der Waals surface area contributed by atoms with Gasteiger partial charge in [0, 0.05) is 24.2 Å². The summed E-state index contributed by atoms with van der Waals surface area (Å²) in [7, 11) is 1.73. The van der Waals surface area contributed by atoms with Crippen LogP contribution >= 0.6 is 11.6 Å². The van der Waals surface area contributed by atoms with Crippen LogP contribution in [0.1, 0.15) is 31.9 Å². The molecule has 0 aliphatic rings. The SMILES string of the molecule is CCC(COC)NC(C)c1ccccc1Cl. The highest BCUT2D eigenvalue weighted by Gasteiger charge is 2.13. The molecule has 2 atom stereocenters. The van der Waals surface area contributed by atoms with E-state index in [9.17, 15) is 0 Å². The molecule has 0 radical (unpaired) electrons. The summed E-state index contributed by atoms with van der Waals surface area (Å²) < 4.78 is 5.17. The van der Waals surface area contributed by atoms with Crippen LogP contribution in [0.4, 0.5) is 0 Å². The van der Waals surface area contributed by atoms with Gasteiger partial charge in [0.1, 0.15) is 0 Å². The predicted molar refractivity (Wildman–Crippen MR) is 69.0 cm³/mol. The minimum absolute atomic E-state index is 0.244. The van der Waals surface area contributed by atoms with E-state index in [0.717, 1.165) is 23.6 Å². The minimum atomic E-state index is 0.244. The molecule has 90 valence electrons. The Morgan fingerprint density at radius 3 is 2.62 bits per heavy atom. The maximum atomic E-state index is 6.15. The van der Waals surface area contributed by atoms with Crippen molar-refractivity contribution in [1.29, 1.82) is 0 Å². The molecule has 1 aromatic rings. The monoisotopic (exact) mass is 241 g/mol. The lowest BCUT2D eigenvalue weighted by Crippen LogP contribution is -2.34. The van der Waals surface area contributed by atoms with Gasteiger partial charge in [-0.25, -0.2) is 0 Å². The molecule has 2 unspecified atom stereocenters. The first kappa shape index (κ1) is 13.5. The van der Waals surface area contributed by atoms with Crippen LogP contribution < -0.4 is 5.32 Å². The number of methoxy groups -OCH3 is 1. The van der Waals surface area contributed by atoms with E-state index in [4.69, 9.17) is 16.3 Å². The Balaban J connectivity index is 2.64. The van der Waals surface area contributed by atoms with E-state index in [1.54, 1.807) is 7.11 Å². The molecule has 0 aliphatic carbocycles. The molecule has 0 bridgehead atoms. The van der Waals surface area contributed by atoms with Gasteiger partial charge in [0.2, 0.25) is 0 Å². The van der Waals surface area contributed by atoms with Gasteiger partial charge in [-0.2, -0.15) is 0 Å². The van der Waals surface area contributed by atoms with Crippen LogP contribution in [-0.4, -0.2) is 19.8 Å². The van der Waals surface area contributed by atoms with Crippen molar-refractivity contribution in [3.05, 3.63) is 34.9 Å². The topological polar surface area (TPSA) is 21.3 Å².